The standard InChI is InChI=1S/C25H24F4N4O4S/c26-19-10-17(7-8-18(19)22(30)32-24(35)36)37-13-21-20(11-33-9-1-2-16(33)12-34)31-23(38-21)14-3-5-15(6-4-14)25(27,28)29/h3-8,10,16,34H,1-2,9,11-13H2,(H2,30,32)(H,35,36)/p+1. The number of nitrogens with zero attached hydrogens (tertiary/aromatic N) is 2. The number of nitrogen functional groups attached to an aromatic ring is 1. The van der Waals surface area contributed by atoms with Crippen LogP contribution in [0.4, 0.5) is 22.4 Å². The van der Waals surface area contributed by atoms with Gasteiger partial charge in [-0.2, -0.15) is 23.0 Å². The van der Waals surface area contributed by atoms with E-state index in [9.17, 15) is 27.5 Å². The molecule has 38 heavy (non-hydrogen) atoms. The fourth-order valence-electron chi connectivity index (χ4n) is 4.18. The van der Waals surface area contributed by atoms with Crippen molar-refractivity contribution in [1.82, 2.24) is 9.88 Å². The van der Waals surface area contributed by atoms with E-state index in [2.05, 4.69) is 9.88 Å². The summed E-state index contributed by atoms with van der Waals surface area (Å²) in [4.78, 5) is 20.1. The molecule has 2 heterocycles. The van der Waals surface area contributed by atoms with E-state index in [1.807, 2.05) is 4.99 Å². The summed E-state index contributed by atoms with van der Waals surface area (Å²) in [5, 5.41) is 19.0. The molecule has 2 aromatic carbocycles. The Kier molecular flexibility index (Phi) is 8.29. The second-order valence-corrected chi connectivity index (χ2v) is 9.77. The van der Waals surface area contributed by atoms with Crippen LogP contribution in [-0.4, -0.2) is 51.2 Å². The summed E-state index contributed by atoms with van der Waals surface area (Å²) < 4.78 is 59.3. The molecule has 1 atom stereocenters. The number of thiazole rings is 1. The largest absolute Gasteiger partial charge is 0.502 e. The zero-order valence-corrected chi connectivity index (χ0v) is 20.8. The number of benzene rings is 2. The maximum atomic E-state index is 14.5. The summed E-state index contributed by atoms with van der Waals surface area (Å²) in [6.45, 7) is 1.20. The molecule has 0 bridgehead atoms. The lowest BCUT2D eigenvalue weighted by Gasteiger charge is -2.22. The monoisotopic (exact) mass is 553 g/mol. The summed E-state index contributed by atoms with van der Waals surface area (Å²) in [7, 11) is 0. The van der Waals surface area contributed by atoms with Gasteiger partial charge >= 0.3 is 12.3 Å². The summed E-state index contributed by atoms with van der Waals surface area (Å²) in [6, 6.07) is 8.52. The first-order valence-electron chi connectivity index (χ1n) is 11.6. The van der Waals surface area contributed by atoms with Crippen LogP contribution < -0.4 is 15.5 Å². The quantitative estimate of drug-likeness (QED) is 0.192. The number of hydrogen-bond acceptors (Lipinski definition) is 6. The Morgan fingerprint density at radius 3 is 2.61 bits per heavy atom. The molecule has 4 rings (SSSR count). The highest BCUT2D eigenvalue weighted by molar-refractivity contribution is 7.15. The number of amidine groups is 1. The first-order chi connectivity index (χ1) is 18.0. The second kappa shape index (κ2) is 11.5. The number of nitrogens with one attached hydrogen (secondary N) is 1. The Morgan fingerprint density at radius 2 is 1.97 bits per heavy atom. The zero-order valence-electron chi connectivity index (χ0n) is 20.0. The number of carboxylic acid groups (broad SMARTS) is 1. The zero-order chi connectivity index (χ0) is 27.4. The summed E-state index contributed by atoms with van der Waals surface area (Å²) in [5.41, 5.74) is 5.86. The molecular formula is C25H25F4N4O4S+. The molecule has 202 valence electrons. The van der Waals surface area contributed by atoms with Crippen LogP contribution in [0.2, 0.25) is 0 Å². The maximum Gasteiger partial charge on any atom is 0.502 e. The Balaban J connectivity index is 1.58. The average molecular weight is 554 g/mol. The van der Waals surface area contributed by atoms with Gasteiger partial charge in [0, 0.05) is 24.2 Å². The second-order valence-electron chi connectivity index (χ2n) is 8.69. The van der Waals surface area contributed by atoms with E-state index in [0.717, 1.165) is 37.6 Å². The van der Waals surface area contributed by atoms with Crippen LogP contribution in [0.15, 0.2) is 42.5 Å². The fraction of sp³-hybridized carbons (Fsp3) is 0.320. The van der Waals surface area contributed by atoms with Gasteiger partial charge in [-0.25, -0.2) is 9.37 Å². The Morgan fingerprint density at radius 1 is 1.24 bits per heavy atom. The molecule has 1 aliphatic rings. The molecule has 1 fully saturated rings. The van der Waals surface area contributed by atoms with E-state index in [1.54, 1.807) is 0 Å². The highest BCUT2D eigenvalue weighted by Gasteiger charge is 2.30. The number of aromatic nitrogens is 1. The van der Waals surface area contributed by atoms with E-state index < -0.39 is 23.7 Å². The molecule has 13 heteroatoms. The minimum Gasteiger partial charge on any atom is -0.488 e. The van der Waals surface area contributed by atoms with Crippen LogP contribution in [0.3, 0.4) is 0 Å². The first-order valence-corrected chi connectivity index (χ1v) is 12.4. The van der Waals surface area contributed by atoms with Gasteiger partial charge in [0.05, 0.1) is 28.3 Å². The summed E-state index contributed by atoms with van der Waals surface area (Å²) in [6.07, 6.45) is -4.10. The molecule has 1 unspecified atom stereocenters. The van der Waals surface area contributed by atoms with Crippen LogP contribution in [0, 0.1) is 5.82 Å². The summed E-state index contributed by atoms with van der Waals surface area (Å²) >= 11 is 1.26. The predicted octanol–water partition coefficient (Wildman–Crippen LogP) is 2.97. The third kappa shape index (κ3) is 6.47. The smallest absolute Gasteiger partial charge is 0.488 e. The number of aliphatic hydroxyl groups excluding tert-OH is 1. The number of alkyl halides is 3. The minimum absolute atomic E-state index is 0.00421. The minimum atomic E-state index is -4.45. The third-order valence-electron chi connectivity index (χ3n) is 6.14. The molecule has 0 spiro atoms. The van der Waals surface area contributed by atoms with E-state index in [-0.39, 0.29) is 36.4 Å². The van der Waals surface area contributed by atoms with Gasteiger partial charge in [0.2, 0.25) is 0 Å². The third-order valence-corrected chi connectivity index (χ3v) is 7.26. The van der Waals surface area contributed by atoms with Crippen molar-refractivity contribution in [3.63, 3.8) is 0 Å². The van der Waals surface area contributed by atoms with Crippen molar-refractivity contribution < 1.29 is 42.3 Å². The topological polar surface area (TPSA) is 123 Å². The molecule has 8 nitrogen and oxygen atoms in total. The fourth-order valence-corrected chi connectivity index (χ4v) is 5.17. The number of carbonyl (C=O) groups is 1. The van der Waals surface area contributed by atoms with Gasteiger partial charge in [-0.15, -0.1) is 11.3 Å². The van der Waals surface area contributed by atoms with Gasteiger partial charge in [0.15, 0.2) is 0 Å². The van der Waals surface area contributed by atoms with Crippen LogP contribution in [-0.2, 0) is 19.3 Å². The molecule has 0 aliphatic carbocycles. The molecule has 3 aromatic rings. The van der Waals surface area contributed by atoms with E-state index in [4.69, 9.17) is 15.6 Å². The van der Waals surface area contributed by atoms with E-state index in [1.165, 1.54) is 35.6 Å². The van der Waals surface area contributed by atoms with Gasteiger partial charge in [0.25, 0.3) is 5.84 Å². The van der Waals surface area contributed by atoms with Gasteiger partial charge in [-0.3, -0.25) is 10.6 Å². The Labute approximate surface area is 219 Å². The van der Waals surface area contributed by atoms with E-state index in [0.29, 0.717) is 27.7 Å². The number of hydrogen-bond donors (Lipinski definition) is 4. The van der Waals surface area contributed by atoms with Crippen molar-refractivity contribution >= 4 is 23.3 Å². The molecule has 1 aliphatic heterocycles. The number of nitrogens with two attached hydrogens (primary N) is 1. The van der Waals surface area contributed by atoms with Gasteiger partial charge in [0.1, 0.15) is 23.2 Å². The number of amides is 1. The number of likely N-dealkylation sites (tertiary alicyclic amines) is 1. The van der Waals surface area contributed by atoms with Crippen molar-refractivity contribution in [3.05, 3.63) is 70.0 Å². The lowest BCUT2D eigenvalue weighted by Crippen LogP contribution is -2.79. The molecule has 1 aromatic heterocycles. The highest BCUT2D eigenvalue weighted by atomic mass is 32.1. The number of aliphatic hydroxyl groups is 1. The molecule has 0 radical (unpaired) electrons. The average Bonchev–Trinajstić information content (AvgIpc) is 3.48. The maximum absolute atomic E-state index is 14.5. The van der Waals surface area contributed by atoms with Crippen LogP contribution in [0.25, 0.3) is 10.6 Å². The Bertz CT molecular complexity index is 1330. The van der Waals surface area contributed by atoms with Gasteiger partial charge in [-0.05, 0) is 43.7 Å². The SMILES string of the molecule is NC(=[NH+]C(=O)O)c1ccc(OCc2sc(-c3ccc(C(F)(F)F)cc3)nc2CN2CCCC2CO)cc1F. The molecule has 1 saturated heterocycles. The first kappa shape index (κ1) is 27.5. The lowest BCUT2D eigenvalue weighted by molar-refractivity contribution is -0.364. The number of halogens is 4. The van der Waals surface area contributed by atoms with Crippen molar-refractivity contribution in [3.8, 4) is 16.3 Å². The number of ether oxygens (including phenoxy) is 1. The number of rotatable bonds is 8. The molecule has 0 saturated carbocycles. The van der Waals surface area contributed by atoms with Crippen LogP contribution in [0.5, 0.6) is 5.75 Å². The van der Waals surface area contributed by atoms with Gasteiger partial charge in [-0.1, -0.05) is 12.1 Å². The van der Waals surface area contributed by atoms with Crippen molar-refractivity contribution in [2.75, 3.05) is 13.2 Å². The van der Waals surface area contributed by atoms with E-state index >= 15 is 0 Å². The van der Waals surface area contributed by atoms with Crippen molar-refractivity contribution in [2.24, 2.45) is 5.73 Å². The normalized spacial score (nSPS) is 16.7. The highest BCUT2D eigenvalue weighted by Crippen LogP contribution is 2.34. The van der Waals surface area contributed by atoms with Crippen LogP contribution in [0.1, 0.15) is 34.5 Å². The van der Waals surface area contributed by atoms with Gasteiger partial charge < -0.3 is 14.9 Å². The van der Waals surface area contributed by atoms with Crippen molar-refractivity contribution in [2.45, 2.75) is 38.2 Å². The molecule has 5 N–H and O–H groups in total. The predicted molar refractivity (Wildman–Crippen MR) is 131 cm³/mol. The summed E-state index contributed by atoms with van der Waals surface area (Å²) in [5.74, 6) is -0.984. The van der Waals surface area contributed by atoms with Crippen LogP contribution >= 0.6 is 11.3 Å². The molecular weight excluding hydrogens is 528 g/mol. The van der Waals surface area contributed by atoms with Crippen molar-refractivity contribution in [1.29, 1.82) is 0 Å². The molecule has 1 amide bonds. The Hall–Kier alpha value is -3.55. The lowest BCUT2D eigenvalue weighted by atomic mass is 10.1.